The van der Waals surface area contributed by atoms with Gasteiger partial charge in [-0.2, -0.15) is 0 Å². The summed E-state index contributed by atoms with van der Waals surface area (Å²) in [6.07, 6.45) is 29.0. The molecule has 2 aliphatic carbocycles. The molecule has 4 aromatic heterocycles. The second-order valence-electron chi connectivity index (χ2n) is 29.2. The smallest absolute Gasteiger partial charge is 0.196 e. The van der Waals surface area contributed by atoms with Crippen molar-refractivity contribution < 1.29 is 8.42 Å². The lowest BCUT2D eigenvalue weighted by Crippen LogP contribution is -2.13. The van der Waals surface area contributed by atoms with E-state index in [1.807, 2.05) is 135 Å². The highest BCUT2D eigenvalue weighted by Gasteiger charge is 2.26. The average Bonchev–Trinajstić information content (AvgIpc) is 1.68. The minimum atomic E-state index is -3.02. The van der Waals surface area contributed by atoms with Crippen molar-refractivity contribution in [2.45, 2.75) is 350 Å². The fraction of sp³-hybridized carbons (Fsp3) is 0.677. The summed E-state index contributed by atoms with van der Waals surface area (Å²) in [6, 6.07) is 30.3. The topological polar surface area (TPSA) is 98.8 Å². The molecule has 6 heterocycles. The molecular weight excluding hydrogens is 1280 g/mol. The number of pyridine rings is 2. The molecule has 4 aliphatic rings. The maximum absolute atomic E-state index is 11.2. The summed E-state index contributed by atoms with van der Waals surface area (Å²) in [4.78, 5) is 9.97. The van der Waals surface area contributed by atoms with Crippen molar-refractivity contribution in [1.29, 1.82) is 0 Å². The predicted octanol–water partition coefficient (Wildman–Crippen LogP) is 29.8. The molecule has 0 bridgehead atoms. The van der Waals surface area contributed by atoms with E-state index < -0.39 is 9.84 Å². The molecular formula is C93H181N7O2S. The second-order valence-corrected chi connectivity index (χ2v) is 31.2. The van der Waals surface area contributed by atoms with Crippen LogP contribution in [0, 0.1) is 42.4 Å². The molecule has 0 spiro atoms. The van der Waals surface area contributed by atoms with Crippen LogP contribution in [0.3, 0.4) is 0 Å². The van der Waals surface area contributed by atoms with Crippen molar-refractivity contribution in [2.24, 2.45) is 49.6 Å². The molecule has 1 saturated carbocycles. The Bertz CT molecular complexity index is 2550. The number of allylic oxidation sites excluding steroid dienone is 4. The Morgan fingerprint density at radius 3 is 1.03 bits per heavy atom. The van der Waals surface area contributed by atoms with E-state index in [9.17, 15) is 8.42 Å². The Kier molecular flexibility index (Phi) is 103. The standard InChI is InChI=1S/C10H14.C9H9N.C8H15N3.C7H7NO2S.C6H12.C5H11N.C5H5N.C5H6.6C4H10.7C2H6/c1-10(2,3)9-7-5-4-6-8-9;1-10-7-6-8-4-2-3-5-9(8)10;1-6-7(8(2,3)4)9-10-11(6)5;9-11(10)5-3-6-2-1-4-8-7(6)11;1-2-4-6-5-3-1;1-6-4-2-3-5-6;1-2-4-6-5-3-1;1-2-4-5-3-1;6*1-4(2)3;7*1-2/h4-8H,1-3H3;2-7H,1H3;1-5H3;1-2,4H,3,5H2;1-6H2;2-5H2,1H3;1-5H;1-4H,5H2;6*4H,1-3H3;7*1-2H3. The number of hydrogen-bond donors (Lipinski definition) is 0. The average molecular weight is 1460 g/mol. The van der Waals surface area contributed by atoms with Gasteiger partial charge in [0.25, 0.3) is 0 Å². The van der Waals surface area contributed by atoms with Crippen LogP contribution in [0.25, 0.3) is 10.9 Å². The summed E-state index contributed by atoms with van der Waals surface area (Å²) in [7, 11) is 3.13. The molecule has 0 N–H and O–H groups in total. The number of nitrogens with zero attached hydrogens (tertiary/aromatic N) is 7. The number of likely N-dealkylation sites (tertiary alicyclic amines) is 1. The molecule has 10 heteroatoms. The Hall–Kier alpha value is -5.19. The summed E-state index contributed by atoms with van der Waals surface area (Å²) >= 11 is 0. The highest BCUT2D eigenvalue weighted by Crippen LogP contribution is 2.24. The van der Waals surface area contributed by atoms with E-state index in [1.54, 1.807) is 23.1 Å². The number of aryl methyl sites for hydroxylation is 3. The van der Waals surface area contributed by atoms with Gasteiger partial charge in [0.15, 0.2) is 14.9 Å². The van der Waals surface area contributed by atoms with Crippen LogP contribution in [0.2, 0.25) is 0 Å². The lowest BCUT2D eigenvalue weighted by atomic mass is 9.87. The van der Waals surface area contributed by atoms with Crippen molar-refractivity contribution >= 4 is 20.7 Å². The predicted molar refractivity (Wildman–Crippen MR) is 477 cm³/mol. The molecule has 1 saturated heterocycles. The van der Waals surface area contributed by atoms with Crippen LogP contribution >= 0.6 is 0 Å². The van der Waals surface area contributed by atoms with Crippen LogP contribution in [-0.4, -0.2) is 68.7 Å². The number of rotatable bonds is 0. The molecule has 0 amide bonds. The van der Waals surface area contributed by atoms with E-state index in [2.05, 4.69) is 301 Å². The lowest BCUT2D eigenvalue weighted by Gasteiger charge is -2.18. The van der Waals surface area contributed by atoms with Crippen LogP contribution in [0.1, 0.15) is 343 Å². The first kappa shape index (κ1) is 122. The first-order chi connectivity index (χ1) is 48.4. The monoisotopic (exact) mass is 1460 g/mol. The van der Waals surface area contributed by atoms with E-state index in [0.29, 0.717) is 11.8 Å². The van der Waals surface area contributed by atoms with E-state index in [4.69, 9.17) is 0 Å². The molecule has 2 fully saturated rings. The van der Waals surface area contributed by atoms with Gasteiger partial charge in [-0.25, -0.2) is 13.4 Å². The van der Waals surface area contributed by atoms with Crippen LogP contribution in [0.15, 0.2) is 145 Å². The van der Waals surface area contributed by atoms with Crippen molar-refractivity contribution in [1.82, 2.24) is 34.4 Å². The maximum Gasteiger partial charge on any atom is 0.196 e. The molecule has 10 rings (SSSR count). The summed E-state index contributed by atoms with van der Waals surface area (Å²) < 4.78 is 26.3. The number of benzene rings is 2. The molecule has 0 atom stereocenters. The van der Waals surface area contributed by atoms with Gasteiger partial charge in [0.05, 0.1) is 17.1 Å². The van der Waals surface area contributed by atoms with Gasteiger partial charge < -0.3 is 9.47 Å². The number of hydrogen-bond acceptors (Lipinski definition) is 7. The van der Waals surface area contributed by atoms with Gasteiger partial charge in [-0.05, 0) is 141 Å². The van der Waals surface area contributed by atoms with E-state index >= 15 is 0 Å². The number of para-hydroxylation sites is 1. The van der Waals surface area contributed by atoms with Gasteiger partial charge in [-0.15, -0.1) is 5.10 Å². The zero-order valence-electron chi connectivity index (χ0n) is 76.8. The highest BCUT2D eigenvalue weighted by atomic mass is 32.2. The minimum absolute atomic E-state index is 0.109. The van der Waals surface area contributed by atoms with Crippen molar-refractivity contribution in [3.05, 3.63) is 163 Å². The van der Waals surface area contributed by atoms with Gasteiger partial charge in [-0.3, -0.25) is 9.67 Å². The Morgan fingerprint density at radius 1 is 0.427 bits per heavy atom. The van der Waals surface area contributed by atoms with Gasteiger partial charge in [0, 0.05) is 49.8 Å². The maximum atomic E-state index is 11.2. The first-order valence-corrected chi connectivity index (χ1v) is 42.5. The highest BCUT2D eigenvalue weighted by molar-refractivity contribution is 7.91. The van der Waals surface area contributed by atoms with Gasteiger partial charge in [0.2, 0.25) is 0 Å². The van der Waals surface area contributed by atoms with E-state index in [-0.39, 0.29) is 16.2 Å². The fourth-order valence-electron chi connectivity index (χ4n) is 7.13. The zero-order valence-corrected chi connectivity index (χ0v) is 77.6. The van der Waals surface area contributed by atoms with Crippen LogP contribution in [-0.2, 0) is 41.2 Å². The van der Waals surface area contributed by atoms with Crippen molar-refractivity contribution in [3.63, 3.8) is 0 Å². The molecule has 2 aliphatic heterocycles. The normalized spacial score (nSPS) is 12.2. The summed E-state index contributed by atoms with van der Waals surface area (Å²) in [5.41, 5.74) is 6.18. The number of sulfone groups is 1. The fourth-order valence-corrected chi connectivity index (χ4v) is 8.61. The van der Waals surface area contributed by atoms with Crippen molar-refractivity contribution in [3.8, 4) is 0 Å². The largest absolute Gasteiger partial charge is 0.351 e. The molecule has 2 aromatic carbocycles. The third-order valence-corrected chi connectivity index (χ3v) is 12.8. The lowest BCUT2D eigenvalue weighted by molar-refractivity contribution is 0.418. The minimum Gasteiger partial charge on any atom is -0.351 e. The molecule has 606 valence electrons. The Morgan fingerprint density at radius 2 is 0.786 bits per heavy atom. The Balaban J connectivity index is -0.0000000985. The SMILES string of the molecule is C1=CCC=C1.C1CCCCC1.CC.CC.CC.CC.CC.CC.CC.CC(C)(C)c1ccccc1.CC(C)C.CC(C)C.CC(C)C.CC(C)C.CC(C)C.CC(C)C.CN1CCCC1.Cc1c(C(C)(C)C)nnn1C.Cn1ccc2ccccc21.O=S1(=O)CCc2cccnc21.c1ccncc1. The number of fused-ring (bicyclic) bond motifs is 2. The van der Waals surface area contributed by atoms with Crippen LogP contribution in [0.5, 0.6) is 0 Å². The first-order valence-electron chi connectivity index (χ1n) is 40.8. The molecule has 6 aromatic rings. The molecule has 9 nitrogen and oxygen atoms in total. The van der Waals surface area contributed by atoms with Gasteiger partial charge in [-0.1, -0.05) is 392 Å². The van der Waals surface area contributed by atoms with Crippen LogP contribution < -0.4 is 0 Å². The van der Waals surface area contributed by atoms with Gasteiger partial charge >= 0.3 is 0 Å². The summed E-state index contributed by atoms with van der Waals surface area (Å²) in [6.45, 7) is 84.8. The van der Waals surface area contributed by atoms with Crippen molar-refractivity contribution in [2.75, 3.05) is 25.9 Å². The van der Waals surface area contributed by atoms with Gasteiger partial charge in [0.1, 0.15) is 0 Å². The molecule has 0 radical (unpaired) electrons. The summed E-state index contributed by atoms with van der Waals surface area (Å²) in [5.74, 6) is 5.22. The summed E-state index contributed by atoms with van der Waals surface area (Å²) in [5, 5.41) is 9.64. The van der Waals surface area contributed by atoms with E-state index in [0.717, 1.165) is 58.9 Å². The zero-order chi connectivity index (χ0) is 83.0. The third-order valence-electron chi connectivity index (χ3n) is 11.1. The van der Waals surface area contributed by atoms with Crippen LogP contribution in [0.4, 0.5) is 0 Å². The third kappa shape index (κ3) is 96.8. The van der Waals surface area contributed by atoms with E-state index in [1.165, 1.54) is 87.1 Å². The Labute approximate surface area is 648 Å². The molecule has 0 unspecified atom stereocenters. The second kappa shape index (κ2) is 87.4. The quantitative estimate of drug-likeness (QED) is 0.149. The molecule has 103 heavy (non-hydrogen) atoms. The number of aromatic nitrogens is 6.